The molecule has 1 aliphatic rings. The lowest BCUT2D eigenvalue weighted by atomic mass is 9.80. The monoisotopic (exact) mass is 285 g/mol. The first-order chi connectivity index (χ1) is 7.48. The summed E-state index contributed by atoms with van der Waals surface area (Å²) in [6.07, 6.45) is 3.69. The van der Waals surface area contributed by atoms with Crippen molar-refractivity contribution in [3.05, 3.63) is 15.9 Å². The topological polar surface area (TPSA) is 43.8 Å². The van der Waals surface area contributed by atoms with E-state index in [1.807, 2.05) is 18.7 Å². The van der Waals surface area contributed by atoms with E-state index >= 15 is 0 Å². The summed E-state index contributed by atoms with van der Waals surface area (Å²) < 4.78 is 3.13. The van der Waals surface area contributed by atoms with Crippen molar-refractivity contribution in [3.8, 4) is 0 Å². The van der Waals surface area contributed by atoms with Gasteiger partial charge in [0.2, 0.25) is 0 Å². The van der Waals surface area contributed by atoms with Crippen molar-refractivity contribution >= 4 is 15.9 Å². The first-order valence-corrected chi connectivity index (χ1v) is 6.65. The fourth-order valence-corrected chi connectivity index (χ4v) is 2.89. The van der Waals surface area contributed by atoms with Crippen molar-refractivity contribution in [2.24, 2.45) is 24.1 Å². The number of aryl methyl sites for hydroxylation is 2. The van der Waals surface area contributed by atoms with Crippen LogP contribution in [0.5, 0.6) is 0 Å². The summed E-state index contributed by atoms with van der Waals surface area (Å²) in [5, 5.41) is 4.44. The van der Waals surface area contributed by atoms with Gasteiger partial charge >= 0.3 is 0 Å². The van der Waals surface area contributed by atoms with E-state index in [4.69, 9.17) is 5.73 Å². The summed E-state index contributed by atoms with van der Waals surface area (Å²) in [6, 6.07) is 0. The van der Waals surface area contributed by atoms with Crippen molar-refractivity contribution in [2.45, 2.75) is 33.1 Å². The van der Waals surface area contributed by atoms with Crippen LogP contribution in [0.15, 0.2) is 4.47 Å². The molecule has 1 aromatic heterocycles. The Balaban J connectivity index is 2.25. The van der Waals surface area contributed by atoms with Gasteiger partial charge in [0, 0.05) is 7.05 Å². The minimum Gasteiger partial charge on any atom is -0.330 e. The third-order valence-corrected chi connectivity index (χ3v) is 4.89. The van der Waals surface area contributed by atoms with E-state index in [9.17, 15) is 0 Å². The fraction of sp³-hybridized carbons (Fsp3) is 0.750. The number of aromatic nitrogens is 2. The van der Waals surface area contributed by atoms with Crippen LogP contribution < -0.4 is 5.73 Å². The van der Waals surface area contributed by atoms with Crippen LogP contribution in [-0.4, -0.2) is 16.3 Å². The van der Waals surface area contributed by atoms with Crippen molar-refractivity contribution in [1.82, 2.24) is 9.78 Å². The summed E-state index contributed by atoms with van der Waals surface area (Å²) in [5.74, 6) is 0.805. The molecule has 0 spiro atoms. The predicted octanol–water partition coefficient (Wildman–Crippen LogP) is 2.41. The minimum atomic E-state index is 0.239. The molecule has 0 radical (unpaired) electrons. The molecule has 2 N–H and O–H groups in total. The Bertz CT molecular complexity index is 395. The highest BCUT2D eigenvalue weighted by molar-refractivity contribution is 9.10. The van der Waals surface area contributed by atoms with Gasteiger partial charge in [-0.2, -0.15) is 5.10 Å². The molecule has 0 bridgehead atoms. The Morgan fingerprint density at radius 1 is 1.56 bits per heavy atom. The van der Waals surface area contributed by atoms with Crippen LogP contribution >= 0.6 is 15.9 Å². The lowest BCUT2D eigenvalue weighted by Crippen LogP contribution is -2.32. The van der Waals surface area contributed by atoms with E-state index < -0.39 is 0 Å². The molecule has 1 saturated carbocycles. The van der Waals surface area contributed by atoms with Crippen LogP contribution in [0.2, 0.25) is 0 Å². The molecule has 0 saturated heterocycles. The fourth-order valence-electron chi connectivity index (χ4n) is 2.42. The zero-order valence-corrected chi connectivity index (χ0v) is 11.8. The van der Waals surface area contributed by atoms with Gasteiger partial charge in [0.05, 0.1) is 15.9 Å². The lowest BCUT2D eigenvalue weighted by molar-refractivity contribution is 0.275. The number of nitrogens with two attached hydrogens (primary N) is 1. The molecule has 1 aromatic rings. The zero-order valence-electron chi connectivity index (χ0n) is 10.3. The quantitative estimate of drug-likeness (QED) is 0.923. The molecule has 1 heterocycles. The Morgan fingerprint density at radius 3 is 2.56 bits per heavy atom. The van der Waals surface area contributed by atoms with Gasteiger partial charge < -0.3 is 5.73 Å². The van der Waals surface area contributed by atoms with Gasteiger partial charge in [0.1, 0.15) is 0 Å². The smallest absolute Gasteiger partial charge is 0.0738 e. The van der Waals surface area contributed by atoms with Gasteiger partial charge in [-0.15, -0.1) is 0 Å². The molecule has 1 unspecified atom stereocenters. The maximum atomic E-state index is 5.96. The Hall–Kier alpha value is -0.350. The molecular formula is C12H20BrN3. The first kappa shape index (κ1) is 12.1. The Morgan fingerprint density at radius 2 is 2.19 bits per heavy atom. The molecule has 0 amide bonds. The third kappa shape index (κ3) is 2.05. The van der Waals surface area contributed by atoms with Crippen LogP contribution in [-0.2, 0) is 13.5 Å². The van der Waals surface area contributed by atoms with Gasteiger partial charge in [0.15, 0.2) is 0 Å². The summed E-state index contributed by atoms with van der Waals surface area (Å²) in [6.45, 7) is 5.10. The molecule has 1 aliphatic carbocycles. The largest absolute Gasteiger partial charge is 0.330 e. The van der Waals surface area contributed by atoms with Gasteiger partial charge in [0.25, 0.3) is 0 Å². The molecule has 2 rings (SSSR count). The van der Waals surface area contributed by atoms with E-state index in [0.29, 0.717) is 0 Å². The second-order valence-electron chi connectivity index (χ2n) is 5.28. The minimum absolute atomic E-state index is 0.239. The van der Waals surface area contributed by atoms with Crippen molar-refractivity contribution in [3.63, 3.8) is 0 Å². The average Bonchev–Trinajstić information content (AvgIpc) is 3.05. The van der Waals surface area contributed by atoms with Crippen molar-refractivity contribution in [2.75, 3.05) is 6.54 Å². The molecule has 3 nitrogen and oxygen atoms in total. The van der Waals surface area contributed by atoms with Crippen molar-refractivity contribution in [1.29, 1.82) is 0 Å². The third-order valence-electron chi connectivity index (χ3n) is 3.86. The molecule has 16 heavy (non-hydrogen) atoms. The first-order valence-electron chi connectivity index (χ1n) is 5.86. The van der Waals surface area contributed by atoms with E-state index in [1.165, 1.54) is 18.5 Å². The summed E-state index contributed by atoms with van der Waals surface area (Å²) in [7, 11) is 2.01. The predicted molar refractivity (Wildman–Crippen MR) is 69.2 cm³/mol. The molecule has 0 aromatic carbocycles. The molecule has 4 heteroatoms. The van der Waals surface area contributed by atoms with Crippen LogP contribution in [0.4, 0.5) is 0 Å². The van der Waals surface area contributed by atoms with Crippen LogP contribution in [0.1, 0.15) is 31.2 Å². The van der Waals surface area contributed by atoms with Gasteiger partial charge in [-0.05, 0) is 60.0 Å². The number of nitrogens with zero attached hydrogens (tertiary/aromatic N) is 2. The number of hydrogen-bond acceptors (Lipinski definition) is 2. The molecule has 1 fully saturated rings. The van der Waals surface area contributed by atoms with E-state index in [-0.39, 0.29) is 5.41 Å². The molecule has 0 aliphatic heterocycles. The van der Waals surface area contributed by atoms with E-state index in [2.05, 4.69) is 28.0 Å². The Kier molecular flexibility index (Phi) is 3.14. The SMILES string of the molecule is Cc1nn(C)c(CC(C)(CN)C2CC2)c1Br. The number of hydrogen-bond donors (Lipinski definition) is 1. The molecule has 90 valence electrons. The van der Waals surface area contributed by atoms with Crippen molar-refractivity contribution < 1.29 is 0 Å². The summed E-state index contributed by atoms with van der Waals surface area (Å²) >= 11 is 3.63. The normalized spacial score (nSPS) is 19.8. The summed E-state index contributed by atoms with van der Waals surface area (Å²) in [4.78, 5) is 0. The highest BCUT2D eigenvalue weighted by Crippen LogP contribution is 2.47. The average molecular weight is 286 g/mol. The van der Waals surface area contributed by atoms with E-state index in [0.717, 1.165) is 29.1 Å². The highest BCUT2D eigenvalue weighted by atomic mass is 79.9. The molecular weight excluding hydrogens is 266 g/mol. The Labute approximate surface area is 106 Å². The van der Waals surface area contributed by atoms with E-state index in [1.54, 1.807) is 0 Å². The van der Waals surface area contributed by atoms with Crippen LogP contribution in [0.25, 0.3) is 0 Å². The lowest BCUT2D eigenvalue weighted by Gasteiger charge is -2.28. The highest BCUT2D eigenvalue weighted by Gasteiger charge is 2.41. The number of rotatable bonds is 4. The standard InChI is InChI=1S/C12H20BrN3/c1-8-11(13)10(16(3)15-8)6-12(2,7-14)9-4-5-9/h9H,4-7,14H2,1-3H3. The number of halogens is 1. The van der Waals surface area contributed by atoms with Crippen LogP contribution in [0, 0.1) is 18.3 Å². The van der Waals surface area contributed by atoms with Gasteiger partial charge in [-0.25, -0.2) is 0 Å². The maximum absolute atomic E-state index is 5.96. The zero-order chi connectivity index (χ0) is 11.9. The maximum Gasteiger partial charge on any atom is 0.0738 e. The van der Waals surface area contributed by atoms with Gasteiger partial charge in [-0.3, -0.25) is 4.68 Å². The molecule has 1 atom stereocenters. The van der Waals surface area contributed by atoms with Gasteiger partial charge in [-0.1, -0.05) is 6.92 Å². The van der Waals surface area contributed by atoms with Crippen LogP contribution in [0.3, 0.4) is 0 Å². The summed E-state index contributed by atoms with van der Waals surface area (Å²) in [5.41, 5.74) is 8.53. The second-order valence-corrected chi connectivity index (χ2v) is 6.07. The second kappa shape index (κ2) is 4.15.